The number of allylic oxidation sites excluding steroid dienone is 8. The van der Waals surface area contributed by atoms with Crippen LogP contribution in [0.2, 0.25) is 0 Å². The Hall–Kier alpha value is -2.07. The summed E-state index contributed by atoms with van der Waals surface area (Å²) in [5.74, 6) is -0.936. The summed E-state index contributed by atoms with van der Waals surface area (Å²) in [6.45, 7) is 2.27. The normalized spacial score (nSPS) is 14.2. The van der Waals surface area contributed by atoms with Gasteiger partial charge in [-0.3, -0.25) is 18.6 Å². The molecule has 0 aliphatic heterocycles. The highest BCUT2D eigenvalue weighted by Gasteiger charge is 2.27. The highest BCUT2D eigenvalue weighted by Crippen LogP contribution is 2.43. The number of ether oxygens (including phenoxy) is 2. The molecule has 11 heteroatoms. The van der Waals surface area contributed by atoms with E-state index >= 15 is 0 Å². The second-order valence-electron chi connectivity index (χ2n) is 15.7. The zero-order chi connectivity index (χ0) is 43.3. The summed E-state index contributed by atoms with van der Waals surface area (Å²) in [4.78, 5) is 35.1. The van der Waals surface area contributed by atoms with E-state index in [1.165, 1.54) is 96.3 Å². The lowest BCUT2D eigenvalue weighted by Gasteiger charge is -2.20. The molecule has 0 fully saturated rings. The van der Waals surface area contributed by atoms with Crippen molar-refractivity contribution >= 4 is 19.8 Å². The van der Waals surface area contributed by atoms with E-state index < -0.39 is 51.8 Å². The van der Waals surface area contributed by atoms with Gasteiger partial charge in [0.1, 0.15) is 12.7 Å². The molecule has 3 atom stereocenters. The zero-order valence-electron chi connectivity index (χ0n) is 37.5. The van der Waals surface area contributed by atoms with Gasteiger partial charge in [0.25, 0.3) is 0 Å². The van der Waals surface area contributed by atoms with E-state index in [0.717, 1.165) is 70.6 Å². The summed E-state index contributed by atoms with van der Waals surface area (Å²) in [5, 5.41) is 18.4. The van der Waals surface area contributed by atoms with Crippen molar-refractivity contribution in [2.75, 3.05) is 26.4 Å². The van der Waals surface area contributed by atoms with Crippen LogP contribution in [0.5, 0.6) is 0 Å². The van der Waals surface area contributed by atoms with Crippen LogP contribution in [0, 0.1) is 0 Å². The van der Waals surface area contributed by atoms with Gasteiger partial charge in [-0.1, -0.05) is 172 Å². The molecule has 0 aromatic carbocycles. The average molecular weight is 855 g/mol. The standard InChI is InChI=1S/C48H87O10P/c1-3-5-7-9-11-13-15-17-19-21-22-24-25-27-29-31-33-35-37-39-47(51)55-43-46(44-57-59(53,54)56-42-45(50)41-49)58-48(52)40-38-36-34-32-30-28-26-23-20-18-16-14-12-10-8-6-4-2/h6,8,12,14,17-20,45-46,49-50H,3-5,7,9-11,13,15-16,21-44H2,1-2H3,(H,53,54)/b8-6-,14-12-,19-17-,20-18-. The minimum Gasteiger partial charge on any atom is -0.462 e. The van der Waals surface area contributed by atoms with E-state index in [1.807, 2.05) is 0 Å². The van der Waals surface area contributed by atoms with Crippen molar-refractivity contribution in [2.24, 2.45) is 0 Å². The Morgan fingerprint density at radius 2 is 0.932 bits per heavy atom. The third-order valence-corrected chi connectivity index (χ3v) is 10.9. The van der Waals surface area contributed by atoms with Crippen LogP contribution in [0.25, 0.3) is 0 Å². The van der Waals surface area contributed by atoms with Gasteiger partial charge >= 0.3 is 19.8 Å². The lowest BCUT2D eigenvalue weighted by atomic mass is 10.1. The van der Waals surface area contributed by atoms with Crippen LogP contribution in [-0.2, 0) is 32.7 Å². The Labute approximate surface area is 360 Å². The molecule has 0 saturated heterocycles. The van der Waals surface area contributed by atoms with Gasteiger partial charge in [-0.25, -0.2) is 4.57 Å². The van der Waals surface area contributed by atoms with Gasteiger partial charge in [-0.15, -0.1) is 0 Å². The highest BCUT2D eigenvalue weighted by atomic mass is 31.2. The third kappa shape index (κ3) is 43.8. The molecule has 0 amide bonds. The average Bonchev–Trinajstić information content (AvgIpc) is 3.22. The Kier molecular flexibility index (Phi) is 42.5. The quantitative estimate of drug-likeness (QED) is 0.0234. The molecule has 0 aliphatic rings. The molecular weight excluding hydrogens is 767 g/mol. The van der Waals surface area contributed by atoms with Gasteiger partial charge in [0.05, 0.1) is 19.8 Å². The van der Waals surface area contributed by atoms with E-state index in [4.69, 9.17) is 23.6 Å². The summed E-state index contributed by atoms with van der Waals surface area (Å²) in [6, 6.07) is 0. The van der Waals surface area contributed by atoms with Crippen LogP contribution in [0.1, 0.15) is 206 Å². The number of esters is 2. The molecule has 3 N–H and O–H groups in total. The van der Waals surface area contributed by atoms with Gasteiger partial charge < -0.3 is 24.6 Å². The van der Waals surface area contributed by atoms with E-state index in [-0.39, 0.29) is 19.4 Å². The number of hydrogen-bond donors (Lipinski definition) is 3. The Morgan fingerprint density at radius 1 is 0.525 bits per heavy atom. The first-order chi connectivity index (χ1) is 28.7. The Balaban J connectivity index is 4.24. The van der Waals surface area contributed by atoms with E-state index in [2.05, 4.69) is 62.5 Å². The number of unbranched alkanes of at least 4 members (excludes halogenated alkanes) is 22. The maximum atomic E-state index is 12.6. The first-order valence-electron chi connectivity index (χ1n) is 23.6. The third-order valence-electron chi connectivity index (χ3n) is 9.97. The predicted molar refractivity (Wildman–Crippen MR) is 242 cm³/mol. The first kappa shape index (κ1) is 56.9. The van der Waals surface area contributed by atoms with Crippen LogP contribution >= 0.6 is 7.82 Å². The molecule has 0 heterocycles. The van der Waals surface area contributed by atoms with Gasteiger partial charge in [-0.2, -0.15) is 0 Å². The molecule has 0 aliphatic carbocycles. The SMILES string of the molecule is CC/C=C\C/C=C\C/C=C\CCCCCCCCCC(=O)OC(COC(=O)CCCCCCCCCCC/C=C\CCCCCCCC)COP(=O)(O)OCC(O)CO. The summed E-state index contributed by atoms with van der Waals surface area (Å²) >= 11 is 0. The van der Waals surface area contributed by atoms with Gasteiger partial charge in [0.2, 0.25) is 0 Å². The fraction of sp³-hybridized carbons (Fsp3) is 0.792. The van der Waals surface area contributed by atoms with Gasteiger partial charge in [0, 0.05) is 12.8 Å². The highest BCUT2D eigenvalue weighted by molar-refractivity contribution is 7.47. The molecule has 0 saturated carbocycles. The lowest BCUT2D eigenvalue weighted by Crippen LogP contribution is -2.29. The number of carbonyl (C=O) groups is 2. The van der Waals surface area contributed by atoms with Gasteiger partial charge in [0.15, 0.2) is 6.10 Å². The van der Waals surface area contributed by atoms with E-state index in [0.29, 0.717) is 12.8 Å². The van der Waals surface area contributed by atoms with Crippen LogP contribution < -0.4 is 0 Å². The number of aliphatic hydroxyl groups excluding tert-OH is 2. The smallest absolute Gasteiger partial charge is 0.462 e. The topological polar surface area (TPSA) is 149 Å². The maximum Gasteiger partial charge on any atom is 0.472 e. The molecule has 344 valence electrons. The van der Waals surface area contributed by atoms with E-state index in [9.17, 15) is 24.2 Å². The molecule has 0 aromatic rings. The number of carbonyl (C=O) groups excluding carboxylic acids is 2. The Morgan fingerprint density at radius 3 is 1.42 bits per heavy atom. The number of hydrogen-bond acceptors (Lipinski definition) is 9. The summed E-state index contributed by atoms with van der Waals surface area (Å²) in [7, 11) is -4.62. The number of phosphoric acid groups is 1. The fourth-order valence-corrected chi connectivity index (χ4v) is 7.15. The Bertz CT molecular complexity index is 1120. The molecule has 59 heavy (non-hydrogen) atoms. The summed E-state index contributed by atoms with van der Waals surface area (Å²) < 4.78 is 32.8. The van der Waals surface area contributed by atoms with Crippen LogP contribution in [-0.4, -0.2) is 65.7 Å². The molecule has 0 aromatic heterocycles. The largest absolute Gasteiger partial charge is 0.472 e. The van der Waals surface area contributed by atoms with Crippen LogP contribution in [0.3, 0.4) is 0 Å². The minimum absolute atomic E-state index is 0.172. The monoisotopic (exact) mass is 855 g/mol. The number of rotatable bonds is 44. The maximum absolute atomic E-state index is 12.6. The lowest BCUT2D eigenvalue weighted by molar-refractivity contribution is -0.161. The summed E-state index contributed by atoms with van der Waals surface area (Å²) in [5.41, 5.74) is 0. The molecule has 0 bridgehead atoms. The van der Waals surface area contributed by atoms with Gasteiger partial charge in [-0.05, 0) is 70.6 Å². The van der Waals surface area contributed by atoms with Crippen LogP contribution in [0.4, 0.5) is 0 Å². The molecule has 0 rings (SSSR count). The molecule has 10 nitrogen and oxygen atoms in total. The van der Waals surface area contributed by atoms with Crippen molar-refractivity contribution < 1.29 is 47.8 Å². The van der Waals surface area contributed by atoms with Crippen LogP contribution in [0.15, 0.2) is 48.6 Å². The minimum atomic E-state index is -4.62. The molecule has 0 radical (unpaired) electrons. The molecular formula is C48H87O10P. The zero-order valence-corrected chi connectivity index (χ0v) is 38.4. The first-order valence-corrected chi connectivity index (χ1v) is 25.1. The van der Waals surface area contributed by atoms with Crippen molar-refractivity contribution in [3.05, 3.63) is 48.6 Å². The molecule has 0 spiro atoms. The fourth-order valence-electron chi connectivity index (χ4n) is 6.36. The second-order valence-corrected chi connectivity index (χ2v) is 17.2. The molecule has 3 unspecified atom stereocenters. The van der Waals surface area contributed by atoms with Crippen molar-refractivity contribution in [3.63, 3.8) is 0 Å². The second kappa shape index (κ2) is 44.0. The summed E-state index contributed by atoms with van der Waals surface area (Å²) in [6.07, 6.45) is 47.9. The van der Waals surface area contributed by atoms with Crippen molar-refractivity contribution in [1.82, 2.24) is 0 Å². The van der Waals surface area contributed by atoms with E-state index in [1.54, 1.807) is 0 Å². The van der Waals surface area contributed by atoms with Crippen molar-refractivity contribution in [1.29, 1.82) is 0 Å². The number of aliphatic hydroxyl groups is 2. The number of phosphoric ester groups is 1. The van der Waals surface area contributed by atoms with Crippen molar-refractivity contribution in [2.45, 2.75) is 219 Å². The van der Waals surface area contributed by atoms with Crippen molar-refractivity contribution in [3.8, 4) is 0 Å². The predicted octanol–water partition coefficient (Wildman–Crippen LogP) is 12.9.